The first-order valence-corrected chi connectivity index (χ1v) is 11.8. The van der Waals surface area contributed by atoms with E-state index in [1.807, 2.05) is 36.4 Å². The van der Waals surface area contributed by atoms with Crippen LogP contribution >= 0.6 is 0 Å². The molecular weight excluding hydrogens is 456 g/mol. The van der Waals surface area contributed by atoms with Gasteiger partial charge < -0.3 is 10.2 Å². The standard InChI is InChI=1S/C28H28N4O4/c1-21(33)29-26(20-22-9-8-14-25(19-22)32(35)36)28(34)31-17-15-30(16-18-31)27(23-10-4-2-5-11-23)24-12-6-3-7-13-24/h2-14,19-20,27H,15-18H2,1H3,(H,29,33)/b26-20-. The number of hydrogen-bond donors (Lipinski definition) is 1. The fourth-order valence-electron chi connectivity index (χ4n) is 4.47. The number of nitro benzene ring substituents is 1. The molecule has 0 bridgehead atoms. The number of nitro groups is 1. The number of piperazine rings is 1. The molecule has 36 heavy (non-hydrogen) atoms. The van der Waals surface area contributed by atoms with Crippen molar-refractivity contribution < 1.29 is 14.5 Å². The zero-order chi connectivity index (χ0) is 25.5. The molecule has 1 saturated heterocycles. The van der Waals surface area contributed by atoms with Gasteiger partial charge in [0, 0.05) is 45.2 Å². The first kappa shape index (κ1) is 24.8. The Balaban J connectivity index is 1.53. The Morgan fingerprint density at radius 1 is 0.889 bits per heavy atom. The summed E-state index contributed by atoms with van der Waals surface area (Å²) in [7, 11) is 0. The maximum atomic E-state index is 13.4. The molecule has 1 aliphatic heterocycles. The van der Waals surface area contributed by atoms with Crippen LogP contribution in [0.2, 0.25) is 0 Å². The second-order valence-corrected chi connectivity index (χ2v) is 8.64. The Morgan fingerprint density at radius 3 is 2.00 bits per heavy atom. The summed E-state index contributed by atoms with van der Waals surface area (Å²) in [5.74, 6) is -0.695. The quantitative estimate of drug-likeness (QED) is 0.311. The molecule has 8 nitrogen and oxygen atoms in total. The highest BCUT2D eigenvalue weighted by molar-refractivity contribution is 6.01. The van der Waals surface area contributed by atoms with Gasteiger partial charge in [-0.1, -0.05) is 72.8 Å². The van der Waals surface area contributed by atoms with E-state index in [1.165, 1.54) is 36.3 Å². The first-order valence-electron chi connectivity index (χ1n) is 11.8. The van der Waals surface area contributed by atoms with Crippen LogP contribution in [0.5, 0.6) is 0 Å². The van der Waals surface area contributed by atoms with Crippen LogP contribution < -0.4 is 5.32 Å². The highest BCUT2D eigenvalue weighted by Gasteiger charge is 2.29. The van der Waals surface area contributed by atoms with Crippen LogP contribution in [0.25, 0.3) is 6.08 Å². The van der Waals surface area contributed by atoms with Gasteiger partial charge in [0.1, 0.15) is 5.70 Å². The number of nitrogens with one attached hydrogen (secondary N) is 1. The smallest absolute Gasteiger partial charge is 0.270 e. The molecule has 0 aromatic heterocycles. The number of benzene rings is 3. The van der Waals surface area contributed by atoms with Crippen molar-refractivity contribution in [2.24, 2.45) is 0 Å². The van der Waals surface area contributed by atoms with Gasteiger partial charge in [-0.15, -0.1) is 0 Å². The zero-order valence-electron chi connectivity index (χ0n) is 20.0. The lowest BCUT2D eigenvalue weighted by atomic mass is 9.96. The third-order valence-corrected chi connectivity index (χ3v) is 6.13. The van der Waals surface area contributed by atoms with Crippen molar-refractivity contribution >= 4 is 23.6 Å². The molecule has 0 saturated carbocycles. The van der Waals surface area contributed by atoms with Gasteiger partial charge in [-0.25, -0.2) is 0 Å². The average molecular weight is 485 g/mol. The van der Waals surface area contributed by atoms with E-state index in [4.69, 9.17) is 0 Å². The van der Waals surface area contributed by atoms with Crippen LogP contribution in [0, 0.1) is 10.1 Å². The third kappa shape index (κ3) is 6.03. The molecule has 184 valence electrons. The lowest BCUT2D eigenvalue weighted by molar-refractivity contribution is -0.384. The summed E-state index contributed by atoms with van der Waals surface area (Å²) < 4.78 is 0. The lowest BCUT2D eigenvalue weighted by Gasteiger charge is -2.40. The Morgan fingerprint density at radius 2 is 1.47 bits per heavy atom. The summed E-state index contributed by atoms with van der Waals surface area (Å²) in [5, 5.41) is 13.7. The normalized spacial score (nSPS) is 14.5. The zero-order valence-corrected chi connectivity index (χ0v) is 20.0. The van der Waals surface area contributed by atoms with E-state index < -0.39 is 4.92 Å². The summed E-state index contributed by atoms with van der Waals surface area (Å²) in [5.41, 5.74) is 2.85. The lowest BCUT2D eigenvalue weighted by Crippen LogP contribution is -2.51. The SMILES string of the molecule is CC(=O)N/C(=C\c1cccc([N+](=O)[O-])c1)C(=O)N1CCN(C(c2ccccc2)c2ccccc2)CC1. The number of carbonyl (C=O) groups is 2. The number of non-ortho nitro benzene ring substituents is 1. The molecule has 4 rings (SSSR count). The van der Waals surface area contributed by atoms with Gasteiger partial charge in [0.05, 0.1) is 11.0 Å². The van der Waals surface area contributed by atoms with E-state index in [-0.39, 0.29) is 29.2 Å². The first-order chi connectivity index (χ1) is 17.4. The predicted octanol–water partition coefficient (Wildman–Crippen LogP) is 4.01. The maximum absolute atomic E-state index is 13.4. The minimum absolute atomic E-state index is 0.0693. The second-order valence-electron chi connectivity index (χ2n) is 8.64. The van der Waals surface area contributed by atoms with Crippen molar-refractivity contribution in [1.29, 1.82) is 0 Å². The van der Waals surface area contributed by atoms with Gasteiger partial charge in [-0.3, -0.25) is 24.6 Å². The molecule has 1 aliphatic rings. The van der Waals surface area contributed by atoms with Gasteiger partial charge in [-0.2, -0.15) is 0 Å². The maximum Gasteiger partial charge on any atom is 0.270 e. The van der Waals surface area contributed by atoms with E-state index in [9.17, 15) is 19.7 Å². The topological polar surface area (TPSA) is 95.8 Å². The average Bonchev–Trinajstić information content (AvgIpc) is 2.90. The summed E-state index contributed by atoms with van der Waals surface area (Å²) >= 11 is 0. The monoisotopic (exact) mass is 484 g/mol. The van der Waals surface area contributed by atoms with Crippen LogP contribution in [-0.4, -0.2) is 52.7 Å². The van der Waals surface area contributed by atoms with Crippen LogP contribution in [0.3, 0.4) is 0 Å². The summed E-state index contributed by atoms with van der Waals surface area (Å²) in [4.78, 5) is 39.9. The van der Waals surface area contributed by atoms with Gasteiger partial charge in [0.2, 0.25) is 5.91 Å². The van der Waals surface area contributed by atoms with E-state index >= 15 is 0 Å². The summed E-state index contributed by atoms with van der Waals surface area (Å²) in [6.45, 7) is 3.62. The van der Waals surface area contributed by atoms with Crippen molar-refractivity contribution in [1.82, 2.24) is 15.1 Å². The highest BCUT2D eigenvalue weighted by atomic mass is 16.6. The van der Waals surface area contributed by atoms with Crippen molar-refractivity contribution in [2.45, 2.75) is 13.0 Å². The molecule has 3 aromatic carbocycles. The molecule has 0 atom stereocenters. The van der Waals surface area contributed by atoms with Gasteiger partial charge in [0.15, 0.2) is 0 Å². The molecule has 8 heteroatoms. The number of amides is 2. The summed E-state index contributed by atoms with van der Waals surface area (Å²) in [6.07, 6.45) is 1.49. The Kier molecular flexibility index (Phi) is 7.87. The van der Waals surface area contributed by atoms with Gasteiger partial charge >= 0.3 is 0 Å². The number of carbonyl (C=O) groups excluding carboxylic acids is 2. The minimum Gasteiger partial charge on any atom is -0.335 e. The number of hydrogen-bond acceptors (Lipinski definition) is 5. The molecule has 0 aliphatic carbocycles. The van der Waals surface area contributed by atoms with Crippen LogP contribution in [-0.2, 0) is 9.59 Å². The molecule has 1 heterocycles. The van der Waals surface area contributed by atoms with Crippen molar-refractivity contribution in [3.8, 4) is 0 Å². The fraction of sp³-hybridized carbons (Fsp3) is 0.214. The fourth-order valence-corrected chi connectivity index (χ4v) is 4.47. The molecule has 1 fully saturated rings. The van der Waals surface area contributed by atoms with Crippen molar-refractivity contribution in [3.63, 3.8) is 0 Å². The van der Waals surface area contributed by atoms with E-state index in [2.05, 4.69) is 34.5 Å². The van der Waals surface area contributed by atoms with Gasteiger partial charge in [0.25, 0.3) is 11.6 Å². The molecule has 1 N–H and O–H groups in total. The van der Waals surface area contributed by atoms with E-state index in [0.717, 1.165) is 0 Å². The Bertz CT molecular complexity index is 1210. The molecular formula is C28H28N4O4. The molecule has 2 amide bonds. The molecule has 0 unspecified atom stereocenters. The third-order valence-electron chi connectivity index (χ3n) is 6.13. The second kappa shape index (κ2) is 11.4. The molecule has 3 aromatic rings. The minimum atomic E-state index is -0.494. The highest BCUT2D eigenvalue weighted by Crippen LogP contribution is 2.29. The molecule has 0 radical (unpaired) electrons. The summed E-state index contributed by atoms with van der Waals surface area (Å²) in [6, 6.07) is 26.6. The van der Waals surface area contributed by atoms with Crippen LogP contribution in [0.4, 0.5) is 5.69 Å². The Hall–Kier alpha value is -4.30. The van der Waals surface area contributed by atoms with E-state index in [0.29, 0.717) is 31.7 Å². The van der Waals surface area contributed by atoms with E-state index in [1.54, 1.807) is 17.0 Å². The number of rotatable bonds is 7. The number of nitrogens with zero attached hydrogens (tertiary/aromatic N) is 3. The van der Waals surface area contributed by atoms with Crippen LogP contribution in [0.1, 0.15) is 29.7 Å². The largest absolute Gasteiger partial charge is 0.335 e. The van der Waals surface area contributed by atoms with Crippen molar-refractivity contribution in [2.75, 3.05) is 26.2 Å². The molecule has 0 spiro atoms. The Labute approximate surface area is 210 Å². The van der Waals surface area contributed by atoms with Gasteiger partial charge in [-0.05, 0) is 22.8 Å². The predicted molar refractivity (Wildman–Crippen MR) is 138 cm³/mol. The van der Waals surface area contributed by atoms with Crippen LogP contribution in [0.15, 0.2) is 90.6 Å². The van der Waals surface area contributed by atoms with Crippen molar-refractivity contribution in [3.05, 3.63) is 117 Å².